The molecule has 2 amide bonds. The van der Waals surface area contributed by atoms with Crippen molar-refractivity contribution in [2.75, 3.05) is 26.2 Å². The van der Waals surface area contributed by atoms with Gasteiger partial charge in [-0.05, 0) is 75.0 Å². The molecule has 2 heterocycles. The van der Waals surface area contributed by atoms with E-state index in [9.17, 15) is 9.59 Å². The molecule has 0 aliphatic carbocycles. The minimum atomic E-state index is -0.241. The molecule has 2 aliphatic rings. The molecular formula is C28H38ClN3O2. The molecule has 4 rings (SSSR count). The van der Waals surface area contributed by atoms with E-state index in [0.29, 0.717) is 12.5 Å². The van der Waals surface area contributed by atoms with Gasteiger partial charge in [-0.25, -0.2) is 0 Å². The summed E-state index contributed by atoms with van der Waals surface area (Å²) >= 11 is 5.97. The van der Waals surface area contributed by atoms with E-state index in [1.165, 1.54) is 12.0 Å². The Kier molecular flexibility index (Phi) is 9.54. The van der Waals surface area contributed by atoms with E-state index < -0.39 is 0 Å². The zero-order valence-electron chi connectivity index (χ0n) is 20.5. The van der Waals surface area contributed by atoms with E-state index in [1.54, 1.807) is 13.8 Å². The standard InChI is InChI=1S/C24H29ClN2O.C4H9NO/c25-22-10-8-21(9-11-22)19-27-18-14-24(23(27)28)12-16-26(17-13-24)15-4-7-20-5-2-1-3-6-20;1-3(2)4(5)6/h1-3,5-6,8-11H,4,7,12-19H2;3H,1-2H3,(H2,5,6). The van der Waals surface area contributed by atoms with Gasteiger partial charge in [-0.2, -0.15) is 0 Å². The van der Waals surface area contributed by atoms with Crippen LogP contribution >= 0.6 is 11.6 Å². The fourth-order valence-electron chi connectivity index (χ4n) is 4.67. The molecule has 184 valence electrons. The first-order valence-electron chi connectivity index (χ1n) is 12.4. The number of aryl methyl sites for hydroxylation is 1. The van der Waals surface area contributed by atoms with Crippen LogP contribution in [-0.2, 0) is 22.6 Å². The van der Waals surface area contributed by atoms with Crippen molar-refractivity contribution in [3.05, 3.63) is 70.7 Å². The number of amides is 2. The van der Waals surface area contributed by atoms with Crippen molar-refractivity contribution >= 4 is 23.4 Å². The summed E-state index contributed by atoms with van der Waals surface area (Å²) in [5.74, 6) is 0.117. The maximum atomic E-state index is 13.1. The Labute approximate surface area is 209 Å². The molecule has 34 heavy (non-hydrogen) atoms. The smallest absolute Gasteiger partial charge is 0.229 e. The molecule has 2 saturated heterocycles. The average Bonchev–Trinajstić information content (AvgIpc) is 3.12. The van der Waals surface area contributed by atoms with Crippen LogP contribution in [-0.4, -0.2) is 47.8 Å². The van der Waals surface area contributed by atoms with E-state index in [-0.39, 0.29) is 17.2 Å². The van der Waals surface area contributed by atoms with Crippen LogP contribution in [0.15, 0.2) is 54.6 Å². The first-order valence-corrected chi connectivity index (χ1v) is 12.8. The highest BCUT2D eigenvalue weighted by molar-refractivity contribution is 6.30. The Bertz CT molecular complexity index is 922. The summed E-state index contributed by atoms with van der Waals surface area (Å²) in [5, 5.41) is 0.743. The third-order valence-corrected chi connectivity index (χ3v) is 7.30. The number of primary amides is 1. The number of likely N-dealkylation sites (tertiary alicyclic amines) is 2. The number of rotatable bonds is 7. The number of carbonyl (C=O) groups is 2. The molecule has 2 aliphatic heterocycles. The highest BCUT2D eigenvalue weighted by Crippen LogP contribution is 2.42. The minimum Gasteiger partial charge on any atom is -0.369 e. The van der Waals surface area contributed by atoms with Gasteiger partial charge in [0.1, 0.15) is 0 Å². The minimum absolute atomic E-state index is 0.00926. The van der Waals surface area contributed by atoms with Gasteiger partial charge in [-0.1, -0.05) is 67.9 Å². The molecule has 2 aromatic rings. The second-order valence-corrected chi connectivity index (χ2v) is 10.3. The van der Waals surface area contributed by atoms with Gasteiger partial charge in [0.2, 0.25) is 11.8 Å². The number of hydrogen-bond donors (Lipinski definition) is 1. The largest absolute Gasteiger partial charge is 0.369 e. The monoisotopic (exact) mass is 483 g/mol. The van der Waals surface area contributed by atoms with Crippen molar-refractivity contribution in [3.8, 4) is 0 Å². The van der Waals surface area contributed by atoms with Crippen molar-refractivity contribution in [2.24, 2.45) is 17.1 Å². The van der Waals surface area contributed by atoms with Gasteiger partial charge in [0, 0.05) is 24.0 Å². The number of benzene rings is 2. The Hall–Kier alpha value is -2.37. The molecule has 5 nitrogen and oxygen atoms in total. The van der Waals surface area contributed by atoms with E-state index >= 15 is 0 Å². The van der Waals surface area contributed by atoms with Gasteiger partial charge >= 0.3 is 0 Å². The van der Waals surface area contributed by atoms with Crippen molar-refractivity contribution in [2.45, 2.75) is 52.5 Å². The zero-order valence-corrected chi connectivity index (χ0v) is 21.3. The Balaban J connectivity index is 0.000000481. The van der Waals surface area contributed by atoms with Gasteiger partial charge in [0.15, 0.2) is 0 Å². The molecule has 0 aromatic heterocycles. The predicted octanol–water partition coefficient (Wildman–Crippen LogP) is 4.92. The Morgan fingerprint density at radius 3 is 2.15 bits per heavy atom. The summed E-state index contributed by atoms with van der Waals surface area (Å²) in [7, 11) is 0. The van der Waals surface area contributed by atoms with Gasteiger partial charge < -0.3 is 15.5 Å². The molecule has 0 saturated carbocycles. The molecule has 0 unspecified atom stereocenters. The molecule has 0 bridgehead atoms. The number of nitrogens with zero attached hydrogens (tertiary/aromatic N) is 2. The van der Waals surface area contributed by atoms with Gasteiger partial charge in [0.25, 0.3) is 0 Å². The van der Waals surface area contributed by atoms with Crippen LogP contribution in [0.5, 0.6) is 0 Å². The maximum absolute atomic E-state index is 13.1. The van der Waals surface area contributed by atoms with Gasteiger partial charge in [-0.3, -0.25) is 9.59 Å². The van der Waals surface area contributed by atoms with Crippen LogP contribution in [0.2, 0.25) is 5.02 Å². The summed E-state index contributed by atoms with van der Waals surface area (Å²) in [5.41, 5.74) is 7.26. The lowest BCUT2D eigenvalue weighted by atomic mass is 9.77. The summed E-state index contributed by atoms with van der Waals surface area (Å²) in [4.78, 5) is 27.7. The second-order valence-electron chi connectivity index (χ2n) is 9.87. The third kappa shape index (κ3) is 7.31. The van der Waals surface area contributed by atoms with Crippen LogP contribution in [0.3, 0.4) is 0 Å². The highest BCUT2D eigenvalue weighted by Gasteiger charge is 2.47. The fraction of sp³-hybridized carbons (Fsp3) is 0.500. The summed E-state index contributed by atoms with van der Waals surface area (Å²) in [6, 6.07) is 18.6. The third-order valence-electron chi connectivity index (χ3n) is 7.05. The number of hydrogen-bond acceptors (Lipinski definition) is 3. The number of halogens is 1. The van der Waals surface area contributed by atoms with Crippen LogP contribution < -0.4 is 5.73 Å². The van der Waals surface area contributed by atoms with Gasteiger partial charge in [0.05, 0.1) is 5.41 Å². The SMILES string of the molecule is CC(C)C(N)=O.O=C1N(Cc2ccc(Cl)cc2)CCC12CCN(CCCc1ccccc1)CC2. The Morgan fingerprint density at radius 1 is 0.971 bits per heavy atom. The Morgan fingerprint density at radius 2 is 1.56 bits per heavy atom. The molecule has 2 fully saturated rings. The zero-order chi connectivity index (χ0) is 24.6. The molecular weight excluding hydrogens is 446 g/mol. The molecule has 6 heteroatoms. The van der Waals surface area contributed by atoms with Crippen molar-refractivity contribution in [1.82, 2.24) is 9.80 Å². The van der Waals surface area contributed by atoms with Crippen molar-refractivity contribution < 1.29 is 9.59 Å². The maximum Gasteiger partial charge on any atom is 0.229 e. The molecule has 0 radical (unpaired) electrons. The summed E-state index contributed by atoms with van der Waals surface area (Å²) in [6.45, 7) is 8.36. The van der Waals surface area contributed by atoms with Crippen LogP contribution in [0.25, 0.3) is 0 Å². The molecule has 1 spiro atoms. The molecule has 2 N–H and O–H groups in total. The molecule has 2 aromatic carbocycles. The number of carbonyl (C=O) groups excluding carboxylic acids is 2. The van der Waals surface area contributed by atoms with Crippen LogP contribution in [0, 0.1) is 11.3 Å². The normalized spacial score (nSPS) is 17.6. The number of nitrogens with two attached hydrogens (primary N) is 1. The number of piperidine rings is 1. The molecule has 0 atom stereocenters. The lowest BCUT2D eigenvalue weighted by molar-refractivity contribution is -0.138. The topological polar surface area (TPSA) is 66.6 Å². The van der Waals surface area contributed by atoms with E-state index in [2.05, 4.69) is 35.2 Å². The van der Waals surface area contributed by atoms with Crippen molar-refractivity contribution in [3.63, 3.8) is 0 Å². The fourth-order valence-corrected chi connectivity index (χ4v) is 4.80. The van der Waals surface area contributed by atoms with Crippen molar-refractivity contribution in [1.29, 1.82) is 0 Å². The van der Waals surface area contributed by atoms with E-state index in [0.717, 1.165) is 62.4 Å². The average molecular weight is 484 g/mol. The predicted molar refractivity (Wildman–Crippen MR) is 138 cm³/mol. The second kappa shape index (κ2) is 12.4. The quantitative estimate of drug-likeness (QED) is 0.608. The lowest BCUT2D eigenvalue weighted by Crippen LogP contribution is -2.44. The summed E-state index contributed by atoms with van der Waals surface area (Å²) in [6.07, 6.45) is 5.35. The van der Waals surface area contributed by atoms with Crippen LogP contribution in [0.4, 0.5) is 0 Å². The van der Waals surface area contributed by atoms with Gasteiger partial charge in [-0.15, -0.1) is 0 Å². The first kappa shape index (κ1) is 26.2. The van der Waals surface area contributed by atoms with E-state index in [1.807, 2.05) is 29.2 Å². The van der Waals surface area contributed by atoms with E-state index in [4.69, 9.17) is 17.3 Å². The first-order chi connectivity index (χ1) is 16.3. The highest BCUT2D eigenvalue weighted by atomic mass is 35.5. The van der Waals surface area contributed by atoms with Crippen LogP contribution in [0.1, 0.15) is 50.7 Å². The lowest BCUT2D eigenvalue weighted by Gasteiger charge is -2.38. The summed E-state index contributed by atoms with van der Waals surface area (Å²) < 4.78 is 0.